The zero-order chi connectivity index (χ0) is 24.2. The molecule has 0 saturated carbocycles. The lowest BCUT2D eigenvalue weighted by Gasteiger charge is -2.27. The summed E-state index contributed by atoms with van der Waals surface area (Å²) in [6.45, 7) is 3.56. The number of nitrogens with one attached hydrogen (secondary N) is 3. The number of carbonyl (C=O) groups is 4. The van der Waals surface area contributed by atoms with Gasteiger partial charge in [0.2, 0.25) is 11.8 Å². The van der Waals surface area contributed by atoms with Crippen LogP contribution >= 0.6 is 0 Å². The maximum Gasteiger partial charge on any atom is 0.343 e. The number of esters is 1. The molecule has 10 nitrogen and oxygen atoms in total. The van der Waals surface area contributed by atoms with Crippen LogP contribution in [0.1, 0.15) is 37.0 Å². The van der Waals surface area contributed by atoms with Gasteiger partial charge in [-0.05, 0) is 50.2 Å². The molecule has 0 bridgehead atoms. The van der Waals surface area contributed by atoms with Gasteiger partial charge in [-0.1, -0.05) is 12.1 Å². The van der Waals surface area contributed by atoms with E-state index in [1.54, 1.807) is 38.1 Å². The highest BCUT2D eigenvalue weighted by Gasteiger charge is 2.27. The number of anilines is 2. The molecule has 4 rings (SSSR count). The van der Waals surface area contributed by atoms with Gasteiger partial charge in [-0.2, -0.15) is 0 Å². The van der Waals surface area contributed by atoms with E-state index >= 15 is 0 Å². The van der Waals surface area contributed by atoms with Crippen molar-refractivity contribution in [2.45, 2.75) is 26.7 Å². The Bertz CT molecular complexity index is 1230. The molecule has 0 aromatic heterocycles. The molecule has 3 N–H and O–H groups in total. The van der Waals surface area contributed by atoms with Gasteiger partial charge in [0.05, 0.1) is 23.7 Å². The second-order valence-corrected chi connectivity index (χ2v) is 7.59. The number of amidine groups is 1. The normalized spacial score (nSPS) is 15.5. The van der Waals surface area contributed by atoms with Crippen molar-refractivity contribution in [2.75, 3.05) is 16.9 Å². The van der Waals surface area contributed by atoms with Crippen molar-refractivity contribution in [3.8, 4) is 0 Å². The molecule has 0 unspecified atom stereocenters. The maximum absolute atomic E-state index is 13.0. The maximum atomic E-state index is 13.0. The van der Waals surface area contributed by atoms with E-state index in [0.717, 1.165) is 5.01 Å². The lowest BCUT2D eigenvalue weighted by Crippen LogP contribution is -2.50. The number of amides is 3. The Morgan fingerprint density at radius 1 is 1.09 bits per heavy atom. The topological polar surface area (TPSA) is 129 Å². The van der Waals surface area contributed by atoms with Gasteiger partial charge in [0.25, 0.3) is 5.91 Å². The van der Waals surface area contributed by atoms with Crippen LogP contribution < -0.4 is 21.1 Å². The van der Waals surface area contributed by atoms with Crippen molar-refractivity contribution >= 4 is 46.6 Å². The van der Waals surface area contributed by atoms with Crippen LogP contribution in [0.4, 0.5) is 17.1 Å². The van der Waals surface area contributed by atoms with Crippen LogP contribution in [0.25, 0.3) is 0 Å². The van der Waals surface area contributed by atoms with Crippen LogP contribution in [0.3, 0.4) is 0 Å². The van der Waals surface area contributed by atoms with E-state index in [1.165, 1.54) is 12.1 Å². The van der Waals surface area contributed by atoms with Gasteiger partial charge >= 0.3 is 5.97 Å². The fourth-order valence-corrected chi connectivity index (χ4v) is 3.56. The minimum Gasteiger partial charge on any atom is -0.462 e. The largest absolute Gasteiger partial charge is 0.462 e. The summed E-state index contributed by atoms with van der Waals surface area (Å²) < 4.78 is 5.18. The predicted octanol–water partition coefficient (Wildman–Crippen LogP) is 2.57. The molecule has 34 heavy (non-hydrogen) atoms. The summed E-state index contributed by atoms with van der Waals surface area (Å²) in [5.41, 5.74) is 5.04. The van der Waals surface area contributed by atoms with E-state index in [-0.39, 0.29) is 48.2 Å². The Morgan fingerprint density at radius 2 is 1.82 bits per heavy atom. The molecule has 10 heteroatoms. The zero-order valence-electron chi connectivity index (χ0n) is 18.7. The summed E-state index contributed by atoms with van der Waals surface area (Å²) in [5.74, 6) is -1.56. The minimum absolute atomic E-state index is 0.0564. The van der Waals surface area contributed by atoms with Gasteiger partial charge in [0.15, 0.2) is 0 Å². The molecule has 174 valence electrons. The van der Waals surface area contributed by atoms with Gasteiger partial charge in [-0.25, -0.2) is 14.8 Å². The number of hydrogen-bond acceptors (Lipinski definition) is 7. The molecule has 2 heterocycles. The molecule has 0 atom stereocenters. The molecule has 1 saturated heterocycles. The number of allylic oxidation sites excluding steroid dienone is 1. The van der Waals surface area contributed by atoms with Gasteiger partial charge in [0.1, 0.15) is 11.4 Å². The van der Waals surface area contributed by atoms with Crippen molar-refractivity contribution in [1.29, 1.82) is 0 Å². The summed E-state index contributed by atoms with van der Waals surface area (Å²) >= 11 is 0. The van der Waals surface area contributed by atoms with Crippen molar-refractivity contribution in [3.63, 3.8) is 0 Å². The number of fused-ring (bicyclic) bond motifs is 1. The van der Waals surface area contributed by atoms with Crippen LogP contribution in [0.2, 0.25) is 0 Å². The number of aliphatic imine (C=N–C) groups is 1. The summed E-state index contributed by atoms with van der Waals surface area (Å²) in [5, 5.41) is 7.02. The number of benzene rings is 2. The lowest BCUT2D eigenvalue weighted by atomic mass is 10.1. The molecule has 3 amide bonds. The monoisotopic (exact) mass is 461 g/mol. The summed E-state index contributed by atoms with van der Waals surface area (Å²) in [4.78, 5) is 54.0. The first kappa shape index (κ1) is 22.7. The van der Waals surface area contributed by atoms with Gasteiger partial charge in [-0.3, -0.25) is 19.8 Å². The molecule has 2 aromatic carbocycles. The Kier molecular flexibility index (Phi) is 6.39. The van der Waals surface area contributed by atoms with Gasteiger partial charge in [-0.15, -0.1) is 0 Å². The van der Waals surface area contributed by atoms with Crippen LogP contribution in [0.15, 0.2) is 64.8 Å². The molecular weight excluding hydrogens is 438 g/mol. The molecule has 2 aromatic rings. The van der Waals surface area contributed by atoms with Crippen molar-refractivity contribution in [2.24, 2.45) is 4.99 Å². The highest BCUT2D eigenvalue weighted by atomic mass is 16.5. The molecule has 1 fully saturated rings. The number of nitrogens with zero attached hydrogens (tertiary/aromatic N) is 2. The first-order chi connectivity index (χ1) is 16.4. The van der Waals surface area contributed by atoms with Crippen molar-refractivity contribution in [3.05, 3.63) is 65.4 Å². The van der Waals surface area contributed by atoms with E-state index < -0.39 is 11.9 Å². The van der Waals surface area contributed by atoms with E-state index in [2.05, 4.69) is 21.1 Å². The first-order valence-corrected chi connectivity index (χ1v) is 10.7. The van der Waals surface area contributed by atoms with E-state index in [0.29, 0.717) is 22.8 Å². The fraction of sp³-hybridized carbons (Fsp3) is 0.208. The van der Waals surface area contributed by atoms with Crippen LogP contribution in [0, 0.1) is 0 Å². The van der Waals surface area contributed by atoms with Crippen LogP contribution in [0.5, 0.6) is 0 Å². The van der Waals surface area contributed by atoms with Crippen LogP contribution in [-0.2, 0) is 19.1 Å². The number of ether oxygens (including phenoxy) is 1. The second-order valence-electron chi connectivity index (χ2n) is 7.59. The SMILES string of the molecule is CCOC(=O)C1=C(C)Nc2ccccc2N=C1NC(=O)c1ccc(N2NC(=O)CCC2=O)cc1. The number of rotatable bonds is 4. The third-order valence-electron chi connectivity index (χ3n) is 5.22. The number of hydrogen-bond donors (Lipinski definition) is 3. The Hall–Kier alpha value is -4.47. The molecule has 0 aliphatic carbocycles. The molecule has 0 radical (unpaired) electrons. The van der Waals surface area contributed by atoms with Crippen molar-refractivity contribution < 1.29 is 23.9 Å². The van der Waals surface area contributed by atoms with E-state index in [1.807, 2.05) is 12.1 Å². The molecule has 2 aliphatic rings. The average molecular weight is 461 g/mol. The highest BCUT2D eigenvalue weighted by molar-refractivity contribution is 6.25. The quantitative estimate of drug-likeness (QED) is 0.600. The Labute approximate surface area is 195 Å². The minimum atomic E-state index is -0.617. The van der Waals surface area contributed by atoms with Gasteiger partial charge < -0.3 is 15.4 Å². The summed E-state index contributed by atoms with van der Waals surface area (Å²) in [6.07, 6.45) is 0.261. The predicted molar refractivity (Wildman–Crippen MR) is 125 cm³/mol. The second kappa shape index (κ2) is 9.57. The molecular formula is C24H23N5O5. The van der Waals surface area contributed by atoms with Gasteiger partial charge in [0, 0.05) is 24.1 Å². The van der Waals surface area contributed by atoms with Crippen LogP contribution in [-0.4, -0.2) is 36.1 Å². The van der Waals surface area contributed by atoms with E-state index in [4.69, 9.17) is 4.74 Å². The fourth-order valence-electron chi connectivity index (χ4n) is 3.56. The molecule has 0 spiro atoms. The number of carbonyl (C=O) groups excluding carboxylic acids is 4. The Morgan fingerprint density at radius 3 is 2.56 bits per heavy atom. The smallest absolute Gasteiger partial charge is 0.343 e. The third-order valence-corrected chi connectivity index (χ3v) is 5.22. The van der Waals surface area contributed by atoms with E-state index in [9.17, 15) is 19.2 Å². The standard InChI is InChI=1S/C24H23N5O5/c1-3-34-24(33)21-14(2)25-17-6-4-5-7-18(17)26-22(21)27-23(32)15-8-10-16(11-9-15)29-20(31)13-12-19(30)28-29/h4-11,25H,3,12-13H2,1-2H3,(H,28,30)(H,26,27,32). The summed E-state index contributed by atoms with van der Waals surface area (Å²) in [6, 6.07) is 13.3. The number of para-hydroxylation sites is 2. The molecule has 2 aliphatic heterocycles. The lowest BCUT2D eigenvalue weighted by molar-refractivity contribution is -0.138. The summed E-state index contributed by atoms with van der Waals surface area (Å²) in [7, 11) is 0. The third kappa shape index (κ3) is 4.65. The highest BCUT2D eigenvalue weighted by Crippen LogP contribution is 2.30. The number of hydrazine groups is 1. The van der Waals surface area contributed by atoms with Crippen molar-refractivity contribution in [1.82, 2.24) is 10.7 Å². The zero-order valence-corrected chi connectivity index (χ0v) is 18.7. The average Bonchev–Trinajstić information content (AvgIpc) is 2.96. The first-order valence-electron chi connectivity index (χ1n) is 10.7. The Balaban J connectivity index is 1.61.